The van der Waals surface area contributed by atoms with Crippen LogP contribution < -0.4 is 5.32 Å². The second-order valence-electron chi connectivity index (χ2n) is 7.33. The summed E-state index contributed by atoms with van der Waals surface area (Å²) in [6, 6.07) is 5.86. The van der Waals surface area contributed by atoms with Crippen molar-refractivity contribution < 1.29 is 9.53 Å². The lowest BCUT2D eigenvalue weighted by Crippen LogP contribution is -2.41. The number of nitrogens with zero attached hydrogens (tertiary/aromatic N) is 4. The van der Waals surface area contributed by atoms with Crippen molar-refractivity contribution in [2.75, 3.05) is 19.7 Å². The molecule has 1 N–H and O–H groups in total. The number of aromatic nitrogens is 3. The highest BCUT2D eigenvalue weighted by atomic mass is 16.5. The highest BCUT2D eigenvalue weighted by Gasteiger charge is 2.41. The zero-order valence-corrected chi connectivity index (χ0v) is 15.3. The molecule has 3 atom stereocenters. The summed E-state index contributed by atoms with van der Waals surface area (Å²) in [5, 5.41) is 2.90. The molecule has 2 fully saturated rings. The number of hydrogen-bond acceptors (Lipinski definition) is 6. The van der Waals surface area contributed by atoms with Crippen LogP contribution in [0, 0.1) is 11.8 Å². The summed E-state index contributed by atoms with van der Waals surface area (Å²) in [5.74, 6) is 1.60. The molecule has 142 valence electrons. The summed E-state index contributed by atoms with van der Waals surface area (Å²) in [4.78, 5) is 27.2. The van der Waals surface area contributed by atoms with E-state index in [9.17, 15) is 4.79 Å². The standard InChI is InChI=1S/C20H25N5O2/c26-20(24-11-19-22-6-2-7-23-19)9-18-17-4-8-25(13-16(17)14-27-18)12-15-3-1-5-21-10-15/h1-3,5-7,10,16-18H,4,8-9,11-14H2,(H,24,26)/t16-,17-,18+/m1/s1. The lowest BCUT2D eigenvalue weighted by molar-refractivity contribution is -0.124. The van der Waals surface area contributed by atoms with Crippen molar-refractivity contribution in [3.63, 3.8) is 0 Å². The van der Waals surface area contributed by atoms with E-state index in [-0.39, 0.29) is 12.0 Å². The van der Waals surface area contributed by atoms with Gasteiger partial charge in [-0.05, 0) is 36.6 Å². The Kier molecular flexibility index (Phi) is 5.69. The fourth-order valence-electron chi connectivity index (χ4n) is 4.12. The molecule has 0 aliphatic carbocycles. The topological polar surface area (TPSA) is 80.2 Å². The quantitative estimate of drug-likeness (QED) is 0.832. The minimum absolute atomic E-state index is 0.00546. The molecule has 0 saturated carbocycles. The highest BCUT2D eigenvalue weighted by Crippen LogP contribution is 2.36. The fourth-order valence-corrected chi connectivity index (χ4v) is 4.12. The normalized spacial score (nSPS) is 25.1. The summed E-state index contributed by atoms with van der Waals surface area (Å²) in [7, 11) is 0. The molecule has 7 heteroatoms. The number of carbonyl (C=O) groups is 1. The molecule has 7 nitrogen and oxygen atoms in total. The van der Waals surface area contributed by atoms with E-state index in [1.165, 1.54) is 5.56 Å². The van der Waals surface area contributed by atoms with Crippen molar-refractivity contribution >= 4 is 5.91 Å². The molecule has 2 aliphatic rings. The molecule has 2 saturated heterocycles. The second kappa shape index (κ2) is 8.54. The number of hydrogen-bond donors (Lipinski definition) is 1. The number of carbonyl (C=O) groups excluding carboxylic acids is 1. The van der Waals surface area contributed by atoms with Crippen LogP contribution in [0.15, 0.2) is 43.0 Å². The van der Waals surface area contributed by atoms with Crippen molar-refractivity contribution in [2.45, 2.75) is 32.0 Å². The number of piperidine rings is 1. The van der Waals surface area contributed by atoms with Gasteiger partial charge in [0, 0.05) is 43.8 Å². The van der Waals surface area contributed by atoms with Gasteiger partial charge in [-0.3, -0.25) is 14.7 Å². The first-order valence-electron chi connectivity index (χ1n) is 9.53. The van der Waals surface area contributed by atoms with Gasteiger partial charge in [-0.2, -0.15) is 0 Å². The van der Waals surface area contributed by atoms with Gasteiger partial charge in [0.2, 0.25) is 5.91 Å². The molecular formula is C20H25N5O2. The lowest BCUT2D eigenvalue weighted by atomic mass is 9.83. The predicted octanol–water partition coefficient (Wildman–Crippen LogP) is 1.41. The van der Waals surface area contributed by atoms with Gasteiger partial charge in [-0.25, -0.2) is 9.97 Å². The summed E-state index contributed by atoms with van der Waals surface area (Å²) >= 11 is 0. The van der Waals surface area contributed by atoms with E-state index in [0.29, 0.717) is 30.6 Å². The molecule has 0 bridgehead atoms. The molecule has 2 aromatic heterocycles. The first kappa shape index (κ1) is 18.0. The van der Waals surface area contributed by atoms with E-state index in [2.05, 4.69) is 31.2 Å². The molecule has 4 heterocycles. The Labute approximate surface area is 159 Å². The Morgan fingerprint density at radius 1 is 1.26 bits per heavy atom. The van der Waals surface area contributed by atoms with Crippen LogP contribution in [-0.2, 0) is 22.6 Å². The third-order valence-electron chi connectivity index (χ3n) is 5.46. The molecule has 0 radical (unpaired) electrons. The number of likely N-dealkylation sites (tertiary alicyclic amines) is 1. The Morgan fingerprint density at radius 2 is 2.15 bits per heavy atom. The zero-order valence-electron chi connectivity index (χ0n) is 15.3. The molecular weight excluding hydrogens is 342 g/mol. The SMILES string of the molecule is O=C(C[C@@H]1OC[C@H]2CN(Cc3cccnc3)CC[C@H]21)NCc1ncccn1. The Hall–Kier alpha value is -2.38. The minimum atomic E-state index is 0.00546. The van der Waals surface area contributed by atoms with E-state index in [4.69, 9.17) is 4.74 Å². The Bertz CT molecular complexity index is 743. The maximum absolute atomic E-state index is 12.3. The molecule has 2 aromatic rings. The number of rotatable bonds is 6. The summed E-state index contributed by atoms with van der Waals surface area (Å²) < 4.78 is 5.99. The van der Waals surface area contributed by atoms with Crippen LogP contribution >= 0.6 is 0 Å². The van der Waals surface area contributed by atoms with Gasteiger partial charge < -0.3 is 10.1 Å². The summed E-state index contributed by atoms with van der Waals surface area (Å²) in [5.41, 5.74) is 1.24. The molecule has 0 aromatic carbocycles. The molecule has 2 aliphatic heterocycles. The van der Waals surface area contributed by atoms with E-state index >= 15 is 0 Å². The molecule has 4 rings (SSSR count). The highest BCUT2D eigenvalue weighted by molar-refractivity contribution is 5.76. The van der Waals surface area contributed by atoms with E-state index in [1.807, 2.05) is 12.3 Å². The Morgan fingerprint density at radius 3 is 2.96 bits per heavy atom. The van der Waals surface area contributed by atoms with Crippen LogP contribution in [-0.4, -0.2) is 51.6 Å². The first-order valence-corrected chi connectivity index (χ1v) is 9.53. The van der Waals surface area contributed by atoms with Crippen LogP contribution in [0.2, 0.25) is 0 Å². The molecule has 1 amide bonds. The van der Waals surface area contributed by atoms with Crippen LogP contribution in [0.4, 0.5) is 0 Å². The smallest absolute Gasteiger partial charge is 0.222 e. The Balaban J connectivity index is 1.24. The fraction of sp³-hybridized carbons (Fsp3) is 0.500. The number of pyridine rings is 1. The van der Waals surface area contributed by atoms with Crippen LogP contribution in [0.1, 0.15) is 24.2 Å². The molecule has 0 spiro atoms. The average molecular weight is 367 g/mol. The van der Waals surface area contributed by atoms with Crippen LogP contribution in [0.3, 0.4) is 0 Å². The average Bonchev–Trinajstić information content (AvgIpc) is 3.10. The monoisotopic (exact) mass is 367 g/mol. The van der Waals surface area contributed by atoms with E-state index < -0.39 is 0 Å². The van der Waals surface area contributed by atoms with Crippen molar-refractivity contribution in [1.82, 2.24) is 25.2 Å². The van der Waals surface area contributed by atoms with E-state index in [0.717, 1.165) is 32.7 Å². The summed E-state index contributed by atoms with van der Waals surface area (Å²) in [6.07, 6.45) is 8.60. The van der Waals surface area contributed by atoms with Gasteiger partial charge in [0.15, 0.2) is 0 Å². The lowest BCUT2D eigenvalue weighted by Gasteiger charge is -2.35. The number of nitrogens with one attached hydrogen (secondary N) is 1. The first-order chi connectivity index (χ1) is 13.3. The van der Waals surface area contributed by atoms with Crippen LogP contribution in [0.5, 0.6) is 0 Å². The van der Waals surface area contributed by atoms with Crippen molar-refractivity contribution in [3.05, 3.63) is 54.4 Å². The largest absolute Gasteiger partial charge is 0.377 e. The van der Waals surface area contributed by atoms with Gasteiger partial charge in [0.25, 0.3) is 0 Å². The molecule has 27 heavy (non-hydrogen) atoms. The van der Waals surface area contributed by atoms with Crippen molar-refractivity contribution in [2.24, 2.45) is 11.8 Å². The second-order valence-corrected chi connectivity index (χ2v) is 7.33. The predicted molar refractivity (Wildman–Crippen MR) is 99.3 cm³/mol. The van der Waals surface area contributed by atoms with Gasteiger partial charge in [-0.1, -0.05) is 6.07 Å². The van der Waals surface area contributed by atoms with Gasteiger partial charge in [-0.15, -0.1) is 0 Å². The van der Waals surface area contributed by atoms with Gasteiger partial charge in [0.1, 0.15) is 5.82 Å². The summed E-state index contributed by atoms with van der Waals surface area (Å²) in [6.45, 7) is 4.09. The molecule has 0 unspecified atom stereocenters. The van der Waals surface area contributed by atoms with Crippen molar-refractivity contribution in [1.29, 1.82) is 0 Å². The van der Waals surface area contributed by atoms with E-state index in [1.54, 1.807) is 24.7 Å². The minimum Gasteiger partial charge on any atom is -0.377 e. The number of ether oxygens (including phenoxy) is 1. The number of amides is 1. The van der Waals surface area contributed by atoms with Crippen LogP contribution in [0.25, 0.3) is 0 Å². The van der Waals surface area contributed by atoms with Gasteiger partial charge >= 0.3 is 0 Å². The van der Waals surface area contributed by atoms with Gasteiger partial charge in [0.05, 0.1) is 25.7 Å². The number of fused-ring (bicyclic) bond motifs is 1. The third-order valence-corrected chi connectivity index (χ3v) is 5.46. The third kappa shape index (κ3) is 4.67. The van der Waals surface area contributed by atoms with Crippen molar-refractivity contribution in [3.8, 4) is 0 Å². The maximum Gasteiger partial charge on any atom is 0.222 e. The zero-order chi connectivity index (χ0) is 18.5. The maximum atomic E-state index is 12.3.